The van der Waals surface area contributed by atoms with Crippen molar-refractivity contribution in [2.24, 2.45) is 0 Å². The fraction of sp³-hybridized carbons (Fsp3) is 0.750. The molecule has 3 rings (SSSR count). The minimum Gasteiger partial charge on any atom is -0.352 e. The van der Waals surface area contributed by atoms with Gasteiger partial charge in [0.1, 0.15) is 0 Å². The Labute approximate surface area is 122 Å². The second-order valence-electron chi connectivity index (χ2n) is 6.12. The first-order valence-corrected chi connectivity index (χ1v) is 8.19. The highest BCUT2D eigenvalue weighted by Crippen LogP contribution is 2.25. The molecule has 0 aliphatic heterocycles. The molecule has 1 heterocycles. The van der Waals surface area contributed by atoms with Crippen LogP contribution in [0, 0.1) is 0 Å². The molecule has 1 aromatic rings. The maximum Gasteiger partial charge on any atom is 0.151 e. The van der Waals surface area contributed by atoms with Crippen molar-refractivity contribution in [1.29, 1.82) is 0 Å². The molecule has 1 N–H and O–H groups in total. The number of aromatic nitrogens is 2. The molecule has 20 heavy (non-hydrogen) atoms. The highest BCUT2D eigenvalue weighted by Gasteiger charge is 2.22. The maximum atomic E-state index is 4.46. The van der Waals surface area contributed by atoms with Gasteiger partial charge in [-0.05, 0) is 44.7 Å². The molecule has 0 bridgehead atoms. The second-order valence-corrected chi connectivity index (χ2v) is 6.12. The Kier molecular flexibility index (Phi) is 4.51. The summed E-state index contributed by atoms with van der Waals surface area (Å²) >= 11 is 0. The summed E-state index contributed by atoms with van der Waals surface area (Å²) in [4.78, 5) is 2.43. The van der Waals surface area contributed by atoms with Gasteiger partial charge >= 0.3 is 0 Å². The lowest BCUT2D eigenvalue weighted by molar-refractivity contribution is 0.415. The largest absolute Gasteiger partial charge is 0.352 e. The van der Waals surface area contributed by atoms with Crippen molar-refractivity contribution < 1.29 is 0 Å². The molecule has 0 saturated heterocycles. The van der Waals surface area contributed by atoms with E-state index in [4.69, 9.17) is 0 Å². The molecule has 0 atom stereocenters. The molecule has 1 aromatic heterocycles. The van der Waals surface area contributed by atoms with Crippen molar-refractivity contribution in [2.45, 2.75) is 70.5 Å². The quantitative estimate of drug-likeness (QED) is 0.866. The van der Waals surface area contributed by atoms with Gasteiger partial charge in [-0.1, -0.05) is 19.3 Å². The molecule has 2 fully saturated rings. The van der Waals surface area contributed by atoms with Gasteiger partial charge in [-0.15, -0.1) is 5.10 Å². The van der Waals surface area contributed by atoms with Crippen LogP contribution >= 0.6 is 0 Å². The van der Waals surface area contributed by atoms with Crippen LogP contribution < -0.4 is 10.2 Å². The number of anilines is 1. The third-order valence-electron chi connectivity index (χ3n) is 4.51. The van der Waals surface area contributed by atoms with Crippen LogP contribution in [0.1, 0.15) is 57.6 Å². The Morgan fingerprint density at radius 3 is 2.50 bits per heavy atom. The van der Waals surface area contributed by atoms with Crippen molar-refractivity contribution in [3.63, 3.8) is 0 Å². The summed E-state index contributed by atoms with van der Waals surface area (Å²) in [5.41, 5.74) is 1.06. The van der Waals surface area contributed by atoms with Crippen LogP contribution in [-0.2, 0) is 6.54 Å². The number of rotatable bonds is 6. The monoisotopic (exact) mass is 274 g/mol. The second kappa shape index (κ2) is 6.53. The van der Waals surface area contributed by atoms with Gasteiger partial charge in [-0.3, -0.25) is 0 Å². The predicted octanol–water partition coefficient (Wildman–Crippen LogP) is 2.89. The van der Waals surface area contributed by atoms with Crippen molar-refractivity contribution in [3.8, 4) is 0 Å². The van der Waals surface area contributed by atoms with Gasteiger partial charge in [-0.25, -0.2) is 0 Å². The van der Waals surface area contributed by atoms with Crippen molar-refractivity contribution in [1.82, 2.24) is 15.5 Å². The smallest absolute Gasteiger partial charge is 0.151 e. The van der Waals surface area contributed by atoms with E-state index in [0.717, 1.165) is 30.6 Å². The van der Waals surface area contributed by atoms with Crippen LogP contribution in [0.2, 0.25) is 0 Å². The van der Waals surface area contributed by atoms with Crippen LogP contribution in [0.3, 0.4) is 0 Å². The Bertz CT molecular complexity index is 407. The van der Waals surface area contributed by atoms with E-state index in [1.807, 2.05) is 0 Å². The molecular weight excluding hydrogens is 248 g/mol. The van der Waals surface area contributed by atoms with Crippen molar-refractivity contribution >= 4 is 5.82 Å². The summed E-state index contributed by atoms with van der Waals surface area (Å²) in [6.07, 6.45) is 9.36. The van der Waals surface area contributed by atoms with Gasteiger partial charge in [-0.2, -0.15) is 5.10 Å². The molecule has 110 valence electrons. The average molecular weight is 274 g/mol. The molecule has 2 saturated carbocycles. The van der Waals surface area contributed by atoms with Crippen LogP contribution in [0.5, 0.6) is 0 Å². The zero-order valence-electron chi connectivity index (χ0n) is 12.5. The van der Waals surface area contributed by atoms with E-state index in [1.54, 1.807) is 0 Å². The first-order valence-electron chi connectivity index (χ1n) is 8.19. The third kappa shape index (κ3) is 3.48. The zero-order valence-corrected chi connectivity index (χ0v) is 12.5. The predicted molar refractivity (Wildman–Crippen MR) is 81.8 cm³/mol. The summed E-state index contributed by atoms with van der Waals surface area (Å²) in [5.74, 6) is 1.05. The molecular formula is C16H26N4. The maximum absolute atomic E-state index is 4.46. The van der Waals surface area contributed by atoms with Crippen LogP contribution in [0.4, 0.5) is 5.82 Å². The first kappa shape index (κ1) is 13.8. The molecule has 0 amide bonds. The van der Waals surface area contributed by atoms with Crippen molar-refractivity contribution in [3.05, 3.63) is 17.8 Å². The Morgan fingerprint density at radius 1 is 1.10 bits per heavy atom. The molecule has 0 aromatic carbocycles. The van der Waals surface area contributed by atoms with E-state index in [2.05, 4.69) is 39.5 Å². The summed E-state index contributed by atoms with van der Waals surface area (Å²) in [6, 6.07) is 5.67. The van der Waals surface area contributed by atoms with E-state index < -0.39 is 0 Å². The highest BCUT2D eigenvalue weighted by molar-refractivity contribution is 5.38. The molecule has 4 nitrogen and oxygen atoms in total. The summed E-state index contributed by atoms with van der Waals surface area (Å²) in [5, 5.41) is 12.3. The Balaban J connectivity index is 1.61. The topological polar surface area (TPSA) is 41.0 Å². The zero-order chi connectivity index (χ0) is 13.8. The fourth-order valence-electron chi connectivity index (χ4n) is 3.14. The Morgan fingerprint density at radius 2 is 1.90 bits per heavy atom. The number of hydrogen-bond donors (Lipinski definition) is 1. The van der Waals surface area contributed by atoms with E-state index >= 15 is 0 Å². The first-order chi connectivity index (χ1) is 9.86. The molecule has 2 aliphatic rings. The van der Waals surface area contributed by atoms with E-state index in [-0.39, 0.29) is 0 Å². The van der Waals surface area contributed by atoms with E-state index in [0.29, 0.717) is 6.04 Å². The van der Waals surface area contributed by atoms with Gasteiger partial charge in [0.05, 0.1) is 5.69 Å². The summed E-state index contributed by atoms with van der Waals surface area (Å²) < 4.78 is 0. The van der Waals surface area contributed by atoms with Crippen molar-refractivity contribution in [2.75, 3.05) is 11.4 Å². The van der Waals surface area contributed by atoms with Gasteiger partial charge in [0.15, 0.2) is 5.82 Å². The minimum atomic E-state index is 0.665. The van der Waals surface area contributed by atoms with Crippen LogP contribution in [0.15, 0.2) is 12.1 Å². The normalized spacial score (nSPS) is 20.1. The summed E-state index contributed by atoms with van der Waals surface area (Å²) in [6.45, 7) is 4.10. The SMILES string of the molecule is CCN(c1ccc(CNC2CC2)nn1)C1CCCCC1. The Hall–Kier alpha value is -1.16. The average Bonchev–Trinajstić information content (AvgIpc) is 3.33. The van der Waals surface area contributed by atoms with Crippen LogP contribution in [-0.4, -0.2) is 28.8 Å². The number of nitrogens with one attached hydrogen (secondary N) is 1. The molecule has 0 unspecified atom stereocenters. The number of hydrogen-bond acceptors (Lipinski definition) is 4. The minimum absolute atomic E-state index is 0.665. The lowest BCUT2D eigenvalue weighted by Gasteiger charge is -2.34. The number of nitrogens with zero attached hydrogens (tertiary/aromatic N) is 3. The van der Waals surface area contributed by atoms with Gasteiger partial charge in [0.2, 0.25) is 0 Å². The molecule has 2 aliphatic carbocycles. The van der Waals surface area contributed by atoms with Gasteiger partial charge < -0.3 is 10.2 Å². The third-order valence-corrected chi connectivity index (χ3v) is 4.51. The molecule has 0 radical (unpaired) electrons. The van der Waals surface area contributed by atoms with Gasteiger partial charge in [0.25, 0.3) is 0 Å². The molecule has 4 heteroatoms. The van der Waals surface area contributed by atoms with Gasteiger partial charge in [0, 0.05) is 25.2 Å². The van der Waals surface area contributed by atoms with E-state index in [1.165, 1.54) is 44.9 Å². The lowest BCUT2D eigenvalue weighted by Crippen LogP contribution is -2.37. The lowest BCUT2D eigenvalue weighted by atomic mass is 9.94. The van der Waals surface area contributed by atoms with E-state index in [9.17, 15) is 0 Å². The highest BCUT2D eigenvalue weighted by atomic mass is 15.3. The fourth-order valence-corrected chi connectivity index (χ4v) is 3.14. The van der Waals surface area contributed by atoms with Crippen LogP contribution in [0.25, 0.3) is 0 Å². The summed E-state index contributed by atoms with van der Waals surface area (Å²) in [7, 11) is 0. The molecule has 0 spiro atoms. The standard InChI is InChI=1S/C16H26N4/c1-2-20(15-6-4-3-5-7-15)16-11-10-14(18-19-16)12-17-13-8-9-13/h10-11,13,15,17H,2-9,12H2,1H3.